The molecule has 0 aliphatic heterocycles. The van der Waals surface area contributed by atoms with Crippen LogP contribution in [0.4, 0.5) is 0 Å². The number of aliphatic hydroxyl groups excluding tert-OH is 2. The summed E-state index contributed by atoms with van der Waals surface area (Å²) in [6.07, 6.45) is 4.65. The van der Waals surface area contributed by atoms with Gasteiger partial charge < -0.3 is 10.2 Å². The third kappa shape index (κ3) is 1.30. The number of fused-ring (bicyclic) bond motifs is 1. The van der Waals surface area contributed by atoms with Crippen molar-refractivity contribution in [1.29, 1.82) is 0 Å². The molecule has 2 saturated carbocycles. The maximum Gasteiger partial charge on any atom is 0.0802 e. The monoisotopic (exact) mass is 156 g/mol. The van der Waals surface area contributed by atoms with E-state index in [4.69, 9.17) is 0 Å². The first-order valence-electron chi connectivity index (χ1n) is 4.63. The number of hydrogen-bond donors (Lipinski definition) is 2. The molecule has 2 nitrogen and oxygen atoms in total. The van der Waals surface area contributed by atoms with E-state index in [-0.39, 0.29) is 0 Å². The fourth-order valence-electron chi connectivity index (χ4n) is 2.67. The van der Waals surface area contributed by atoms with Crippen molar-refractivity contribution in [1.82, 2.24) is 0 Å². The molecule has 4 atom stereocenters. The molecular formula is C9H16O2. The Labute approximate surface area is 67.2 Å². The molecule has 11 heavy (non-hydrogen) atoms. The van der Waals surface area contributed by atoms with Crippen LogP contribution < -0.4 is 0 Å². The summed E-state index contributed by atoms with van der Waals surface area (Å²) < 4.78 is 0. The highest BCUT2D eigenvalue weighted by atomic mass is 16.3. The Morgan fingerprint density at radius 1 is 0.818 bits per heavy atom. The van der Waals surface area contributed by atoms with Gasteiger partial charge in [0, 0.05) is 0 Å². The Balaban J connectivity index is 2.00. The molecule has 2 aliphatic carbocycles. The third-order valence-corrected chi connectivity index (χ3v) is 3.35. The van der Waals surface area contributed by atoms with Gasteiger partial charge >= 0.3 is 0 Å². The lowest BCUT2D eigenvalue weighted by atomic mass is 9.79. The summed E-state index contributed by atoms with van der Waals surface area (Å²) in [6, 6.07) is 0. The Kier molecular flexibility index (Phi) is 1.90. The Morgan fingerprint density at radius 3 is 1.73 bits per heavy atom. The molecule has 0 saturated heterocycles. The summed E-state index contributed by atoms with van der Waals surface area (Å²) in [5.74, 6) is 1.43. The highest BCUT2D eigenvalue weighted by Crippen LogP contribution is 2.41. The molecule has 0 aromatic heterocycles. The quantitative estimate of drug-likeness (QED) is 0.547. The van der Waals surface area contributed by atoms with Crippen LogP contribution in [0.3, 0.4) is 0 Å². The second-order valence-electron chi connectivity index (χ2n) is 4.06. The van der Waals surface area contributed by atoms with Crippen molar-refractivity contribution in [2.24, 2.45) is 11.8 Å². The van der Waals surface area contributed by atoms with Gasteiger partial charge in [0.05, 0.1) is 12.2 Å². The highest BCUT2D eigenvalue weighted by molar-refractivity contribution is 4.88. The van der Waals surface area contributed by atoms with Crippen LogP contribution in [0.25, 0.3) is 0 Å². The predicted molar refractivity (Wildman–Crippen MR) is 42.1 cm³/mol. The molecule has 2 rings (SSSR count). The zero-order valence-electron chi connectivity index (χ0n) is 6.74. The maximum atomic E-state index is 9.37. The summed E-state index contributed by atoms with van der Waals surface area (Å²) in [4.78, 5) is 0. The van der Waals surface area contributed by atoms with Gasteiger partial charge in [-0.15, -0.1) is 0 Å². The molecule has 0 radical (unpaired) electrons. The smallest absolute Gasteiger partial charge is 0.0802 e. The molecule has 0 unspecified atom stereocenters. The minimum absolute atomic E-state index is 0.436. The lowest BCUT2D eigenvalue weighted by Crippen LogP contribution is -2.36. The summed E-state index contributed by atoms with van der Waals surface area (Å²) >= 11 is 0. The fourth-order valence-corrected chi connectivity index (χ4v) is 2.67. The van der Waals surface area contributed by atoms with Gasteiger partial charge in [0.15, 0.2) is 0 Å². The highest BCUT2D eigenvalue weighted by Gasteiger charge is 2.37. The molecule has 0 aromatic rings. The second kappa shape index (κ2) is 2.76. The van der Waals surface area contributed by atoms with Crippen LogP contribution in [0.5, 0.6) is 0 Å². The molecule has 0 spiro atoms. The fraction of sp³-hybridized carbons (Fsp3) is 1.00. The zero-order chi connectivity index (χ0) is 7.84. The SMILES string of the molecule is O[C@@H]1C[C@H]2CCC[C@H]2C[C@H]1O. The van der Waals surface area contributed by atoms with E-state index in [2.05, 4.69) is 0 Å². The van der Waals surface area contributed by atoms with E-state index in [9.17, 15) is 10.2 Å². The Bertz CT molecular complexity index is 130. The first kappa shape index (κ1) is 7.56. The molecular weight excluding hydrogens is 140 g/mol. The topological polar surface area (TPSA) is 40.5 Å². The Hall–Kier alpha value is -0.0800. The van der Waals surface area contributed by atoms with Crippen molar-refractivity contribution in [2.75, 3.05) is 0 Å². The van der Waals surface area contributed by atoms with Crippen LogP contribution in [-0.2, 0) is 0 Å². The minimum Gasteiger partial charge on any atom is -0.390 e. The molecule has 0 heterocycles. The van der Waals surface area contributed by atoms with Gasteiger partial charge in [-0.2, -0.15) is 0 Å². The summed E-state index contributed by atoms with van der Waals surface area (Å²) in [7, 11) is 0. The van der Waals surface area contributed by atoms with Crippen LogP contribution >= 0.6 is 0 Å². The van der Waals surface area contributed by atoms with Crippen LogP contribution in [0.2, 0.25) is 0 Å². The molecule has 2 aliphatic rings. The van der Waals surface area contributed by atoms with Gasteiger partial charge in [0.2, 0.25) is 0 Å². The van der Waals surface area contributed by atoms with Gasteiger partial charge in [-0.05, 0) is 24.7 Å². The van der Waals surface area contributed by atoms with Crippen molar-refractivity contribution in [3.8, 4) is 0 Å². The molecule has 64 valence electrons. The first-order chi connectivity index (χ1) is 5.27. The summed E-state index contributed by atoms with van der Waals surface area (Å²) in [5.41, 5.74) is 0. The maximum absolute atomic E-state index is 9.37. The largest absolute Gasteiger partial charge is 0.390 e. The van der Waals surface area contributed by atoms with Crippen LogP contribution in [0.1, 0.15) is 32.1 Å². The van der Waals surface area contributed by atoms with E-state index in [1.807, 2.05) is 0 Å². The summed E-state index contributed by atoms with van der Waals surface area (Å²) in [5, 5.41) is 18.7. The van der Waals surface area contributed by atoms with E-state index in [0.29, 0.717) is 11.8 Å². The van der Waals surface area contributed by atoms with Gasteiger partial charge in [-0.1, -0.05) is 19.3 Å². The third-order valence-electron chi connectivity index (χ3n) is 3.35. The lowest BCUT2D eigenvalue weighted by molar-refractivity contribution is -0.0408. The normalized spacial score (nSPS) is 50.7. The zero-order valence-corrected chi connectivity index (χ0v) is 6.74. The number of hydrogen-bond acceptors (Lipinski definition) is 2. The molecule has 0 amide bonds. The number of rotatable bonds is 0. The molecule has 0 aromatic carbocycles. The van der Waals surface area contributed by atoms with Crippen molar-refractivity contribution in [3.05, 3.63) is 0 Å². The van der Waals surface area contributed by atoms with Crippen LogP contribution in [-0.4, -0.2) is 22.4 Å². The van der Waals surface area contributed by atoms with E-state index >= 15 is 0 Å². The molecule has 2 N–H and O–H groups in total. The average molecular weight is 156 g/mol. The van der Waals surface area contributed by atoms with E-state index in [1.165, 1.54) is 19.3 Å². The Morgan fingerprint density at radius 2 is 1.27 bits per heavy atom. The molecule has 2 heteroatoms. The lowest BCUT2D eigenvalue weighted by Gasteiger charge is -2.32. The number of aliphatic hydroxyl groups is 2. The van der Waals surface area contributed by atoms with Gasteiger partial charge in [-0.25, -0.2) is 0 Å². The van der Waals surface area contributed by atoms with Crippen LogP contribution in [0, 0.1) is 11.8 Å². The standard InChI is InChI=1S/C9H16O2/c10-8-4-6-2-1-3-7(6)5-9(8)11/h6-11H,1-5H2/t6-,7+,8-,9-/m1/s1. The van der Waals surface area contributed by atoms with Crippen LogP contribution in [0.15, 0.2) is 0 Å². The van der Waals surface area contributed by atoms with E-state index in [1.54, 1.807) is 0 Å². The predicted octanol–water partition coefficient (Wildman–Crippen LogP) is 0.918. The molecule has 0 bridgehead atoms. The first-order valence-corrected chi connectivity index (χ1v) is 4.63. The van der Waals surface area contributed by atoms with Crippen molar-refractivity contribution < 1.29 is 10.2 Å². The average Bonchev–Trinajstić information content (AvgIpc) is 2.36. The van der Waals surface area contributed by atoms with Gasteiger partial charge in [-0.3, -0.25) is 0 Å². The molecule has 2 fully saturated rings. The van der Waals surface area contributed by atoms with Gasteiger partial charge in [0.25, 0.3) is 0 Å². The van der Waals surface area contributed by atoms with Gasteiger partial charge in [0.1, 0.15) is 0 Å². The second-order valence-corrected chi connectivity index (χ2v) is 4.06. The van der Waals surface area contributed by atoms with Crippen molar-refractivity contribution >= 4 is 0 Å². The minimum atomic E-state index is -0.436. The van der Waals surface area contributed by atoms with Crippen molar-refractivity contribution in [3.63, 3.8) is 0 Å². The van der Waals surface area contributed by atoms with E-state index < -0.39 is 12.2 Å². The van der Waals surface area contributed by atoms with Crippen molar-refractivity contribution in [2.45, 2.75) is 44.3 Å². The summed E-state index contributed by atoms with van der Waals surface area (Å²) in [6.45, 7) is 0. The van der Waals surface area contributed by atoms with E-state index in [0.717, 1.165) is 12.8 Å².